The first-order valence-corrected chi connectivity index (χ1v) is 9.82. The Bertz CT molecular complexity index is 697. The molecule has 140 valence electrons. The number of benzene rings is 1. The van der Waals surface area contributed by atoms with E-state index in [0.29, 0.717) is 6.67 Å². The molecule has 1 aromatic rings. The van der Waals surface area contributed by atoms with Gasteiger partial charge in [0.25, 0.3) is 5.91 Å². The lowest BCUT2D eigenvalue weighted by molar-refractivity contribution is -0.133. The van der Waals surface area contributed by atoms with E-state index in [1.807, 2.05) is 18.2 Å². The van der Waals surface area contributed by atoms with E-state index < -0.39 is 5.54 Å². The molecule has 2 aliphatic heterocycles. The number of carbonyl (C=O) groups excluding carboxylic acids is 2. The molecule has 1 spiro atoms. The van der Waals surface area contributed by atoms with Crippen molar-refractivity contribution in [1.82, 2.24) is 15.1 Å². The van der Waals surface area contributed by atoms with Gasteiger partial charge < -0.3 is 10.2 Å². The van der Waals surface area contributed by atoms with Crippen LogP contribution in [0.5, 0.6) is 0 Å². The minimum absolute atomic E-state index is 0.0283. The summed E-state index contributed by atoms with van der Waals surface area (Å²) in [6, 6.07) is 7.64. The maximum atomic E-state index is 12.9. The van der Waals surface area contributed by atoms with Crippen molar-refractivity contribution in [3.63, 3.8) is 0 Å². The zero-order valence-electron chi connectivity index (χ0n) is 14.9. The van der Waals surface area contributed by atoms with Gasteiger partial charge in [0.15, 0.2) is 0 Å². The van der Waals surface area contributed by atoms with Gasteiger partial charge in [0.05, 0.1) is 6.67 Å². The third kappa shape index (κ3) is 3.28. The molecule has 2 saturated heterocycles. The fourth-order valence-electron chi connectivity index (χ4n) is 4.32. The SMILES string of the molecule is O=C1NC2(CCCCC2)C(=O)N1CN1CCN(c2cccc(Cl)c2)CC1. The van der Waals surface area contributed by atoms with E-state index in [2.05, 4.69) is 21.2 Å². The molecule has 3 fully saturated rings. The summed E-state index contributed by atoms with van der Waals surface area (Å²) in [4.78, 5) is 31.2. The molecule has 1 N–H and O–H groups in total. The highest BCUT2D eigenvalue weighted by molar-refractivity contribution is 6.30. The summed E-state index contributed by atoms with van der Waals surface area (Å²) in [5, 5.41) is 3.72. The number of urea groups is 1. The van der Waals surface area contributed by atoms with Crippen LogP contribution < -0.4 is 10.2 Å². The lowest BCUT2D eigenvalue weighted by atomic mass is 9.82. The third-order valence-electron chi connectivity index (χ3n) is 5.84. The van der Waals surface area contributed by atoms with Crippen molar-refractivity contribution in [3.05, 3.63) is 29.3 Å². The summed E-state index contributed by atoms with van der Waals surface area (Å²) in [6.07, 6.45) is 4.72. The van der Waals surface area contributed by atoms with E-state index in [1.54, 1.807) is 0 Å². The monoisotopic (exact) mass is 376 g/mol. The highest BCUT2D eigenvalue weighted by Gasteiger charge is 2.51. The van der Waals surface area contributed by atoms with Crippen molar-refractivity contribution in [3.8, 4) is 0 Å². The minimum Gasteiger partial charge on any atom is -0.369 e. The van der Waals surface area contributed by atoms with Crippen LogP contribution in [0, 0.1) is 0 Å². The number of halogens is 1. The molecule has 0 radical (unpaired) electrons. The van der Waals surface area contributed by atoms with E-state index in [9.17, 15) is 9.59 Å². The molecule has 4 rings (SSSR count). The van der Waals surface area contributed by atoms with Crippen LogP contribution in [-0.2, 0) is 4.79 Å². The molecule has 7 heteroatoms. The zero-order valence-corrected chi connectivity index (χ0v) is 15.7. The Kier molecular flexibility index (Phi) is 4.80. The molecule has 1 aromatic carbocycles. The maximum Gasteiger partial charge on any atom is 0.326 e. The van der Waals surface area contributed by atoms with Gasteiger partial charge in [-0.05, 0) is 31.0 Å². The molecule has 0 unspecified atom stereocenters. The number of carbonyl (C=O) groups is 2. The normalized spacial score (nSPS) is 23.6. The molecule has 6 nitrogen and oxygen atoms in total. The molecule has 2 heterocycles. The predicted molar refractivity (Wildman–Crippen MR) is 101 cm³/mol. The number of piperazine rings is 1. The number of anilines is 1. The van der Waals surface area contributed by atoms with E-state index in [4.69, 9.17) is 11.6 Å². The second-order valence-corrected chi connectivity index (χ2v) is 7.97. The highest BCUT2D eigenvalue weighted by atomic mass is 35.5. The van der Waals surface area contributed by atoms with Gasteiger partial charge in [0.1, 0.15) is 5.54 Å². The molecule has 1 aliphatic carbocycles. The zero-order chi connectivity index (χ0) is 18.1. The van der Waals surface area contributed by atoms with Crippen LogP contribution in [0.3, 0.4) is 0 Å². The smallest absolute Gasteiger partial charge is 0.326 e. The maximum absolute atomic E-state index is 12.9. The second-order valence-electron chi connectivity index (χ2n) is 7.53. The number of hydrogen-bond acceptors (Lipinski definition) is 4. The summed E-state index contributed by atoms with van der Waals surface area (Å²) >= 11 is 6.08. The Morgan fingerprint density at radius 1 is 1.04 bits per heavy atom. The lowest BCUT2D eigenvalue weighted by Crippen LogP contribution is -2.52. The molecular formula is C19H25ClN4O2. The van der Waals surface area contributed by atoms with Crippen LogP contribution in [0.4, 0.5) is 10.5 Å². The van der Waals surface area contributed by atoms with Gasteiger partial charge in [0, 0.05) is 36.9 Å². The quantitative estimate of drug-likeness (QED) is 0.824. The van der Waals surface area contributed by atoms with Crippen LogP contribution in [0.25, 0.3) is 0 Å². The number of amides is 3. The molecule has 3 aliphatic rings. The van der Waals surface area contributed by atoms with E-state index in [1.165, 1.54) is 4.90 Å². The second kappa shape index (κ2) is 7.08. The number of nitrogens with one attached hydrogen (secondary N) is 1. The van der Waals surface area contributed by atoms with Crippen LogP contribution >= 0.6 is 11.6 Å². The largest absolute Gasteiger partial charge is 0.369 e. The Hall–Kier alpha value is -1.79. The van der Waals surface area contributed by atoms with Gasteiger partial charge in [-0.2, -0.15) is 0 Å². The third-order valence-corrected chi connectivity index (χ3v) is 6.08. The molecule has 0 atom stereocenters. The summed E-state index contributed by atoms with van der Waals surface area (Å²) in [5.74, 6) is -0.0283. The number of rotatable bonds is 3. The number of hydrogen-bond donors (Lipinski definition) is 1. The Labute approximate surface area is 159 Å². The van der Waals surface area contributed by atoms with Crippen molar-refractivity contribution < 1.29 is 9.59 Å². The van der Waals surface area contributed by atoms with Crippen LogP contribution in [-0.4, -0.2) is 60.1 Å². The minimum atomic E-state index is -0.627. The van der Waals surface area contributed by atoms with E-state index in [-0.39, 0.29) is 11.9 Å². The molecule has 3 amide bonds. The van der Waals surface area contributed by atoms with Gasteiger partial charge in [-0.25, -0.2) is 9.69 Å². The van der Waals surface area contributed by atoms with Gasteiger partial charge >= 0.3 is 6.03 Å². The summed E-state index contributed by atoms with van der Waals surface area (Å²) in [5.41, 5.74) is 0.492. The molecule has 0 aromatic heterocycles. The van der Waals surface area contributed by atoms with Crippen LogP contribution in [0.1, 0.15) is 32.1 Å². The van der Waals surface area contributed by atoms with Gasteiger partial charge in [-0.3, -0.25) is 9.69 Å². The fraction of sp³-hybridized carbons (Fsp3) is 0.579. The summed E-state index contributed by atoms with van der Waals surface area (Å²) < 4.78 is 0. The Balaban J connectivity index is 1.35. The van der Waals surface area contributed by atoms with E-state index in [0.717, 1.165) is 69.0 Å². The van der Waals surface area contributed by atoms with E-state index >= 15 is 0 Å². The number of imide groups is 1. The van der Waals surface area contributed by atoms with Gasteiger partial charge in [0.2, 0.25) is 0 Å². The average molecular weight is 377 g/mol. The fourth-order valence-corrected chi connectivity index (χ4v) is 4.50. The van der Waals surface area contributed by atoms with Crippen molar-refractivity contribution >= 4 is 29.2 Å². The van der Waals surface area contributed by atoms with Crippen molar-refractivity contribution in [2.24, 2.45) is 0 Å². The molecule has 26 heavy (non-hydrogen) atoms. The molecule has 0 bridgehead atoms. The van der Waals surface area contributed by atoms with Crippen molar-refractivity contribution in [2.45, 2.75) is 37.6 Å². The first-order valence-electron chi connectivity index (χ1n) is 9.44. The van der Waals surface area contributed by atoms with Crippen LogP contribution in [0.2, 0.25) is 5.02 Å². The highest BCUT2D eigenvalue weighted by Crippen LogP contribution is 2.33. The Morgan fingerprint density at radius 3 is 2.46 bits per heavy atom. The lowest BCUT2D eigenvalue weighted by Gasteiger charge is -2.37. The van der Waals surface area contributed by atoms with Crippen molar-refractivity contribution in [1.29, 1.82) is 0 Å². The van der Waals surface area contributed by atoms with Crippen LogP contribution in [0.15, 0.2) is 24.3 Å². The number of nitrogens with zero attached hydrogens (tertiary/aromatic N) is 3. The molecule has 1 saturated carbocycles. The topological polar surface area (TPSA) is 55.9 Å². The standard InChI is InChI=1S/C19H25ClN4O2/c20-15-5-4-6-16(13-15)23-11-9-22(10-12-23)14-24-17(25)19(21-18(24)26)7-2-1-3-8-19/h4-6,13H,1-3,7-12,14H2,(H,21,26). The average Bonchev–Trinajstić information content (AvgIpc) is 2.87. The first-order chi connectivity index (χ1) is 12.6. The summed E-state index contributed by atoms with van der Waals surface area (Å²) in [7, 11) is 0. The molecular weight excluding hydrogens is 352 g/mol. The van der Waals surface area contributed by atoms with Crippen molar-refractivity contribution in [2.75, 3.05) is 37.7 Å². The summed E-state index contributed by atoms with van der Waals surface area (Å²) in [6.45, 7) is 3.73. The predicted octanol–water partition coefficient (Wildman–Crippen LogP) is 2.67. The Morgan fingerprint density at radius 2 is 1.77 bits per heavy atom. The van der Waals surface area contributed by atoms with Gasteiger partial charge in [-0.15, -0.1) is 0 Å². The van der Waals surface area contributed by atoms with Gasteiger partial charge in [-0.1, -0.05) is 36.9 Å². The first kappa shape index (κ1) is 17.6.